The van der Waals surface area contributed by atoms with Crippen LogP contribution in [0.1, 0.15) is 63.0 Å². The summed E-state index contributed by atoms with van der Waals surface area (Å²) in [7, 11) is 0. The third-order valence-electron chi connectivity index (χ3n) is 4.86. The van der Waals surface area contributed by atoms with Crippen LogP contribution in [0.2, 0.25) is 0 Å². The molecule has 1 aliphatic rings. The van der Waals surface area contributed by atoms with Crippen LogP contribution in [0.4, 0.5) is 11.4 Å². The lowest BCUT2D eigenvalue weighted by Crippen LogP contribution is -2.21. The maximum Gasteiger partial charge on any atom is 0.255 e. The predicted molar refractivity (Wildman–Crippen MR) is 119 cm³/mol. The number of anilines is 2. The van der Waals surface area contributed by atoms with Gasteiger partial charge in [0.2, 0.25) is 5.91 Å². The number of amides is 2. The van der Waals surface area contributed by atoms with Gasteiger partial charge in [0, 0.05) is 27.3 Å². The summed E-state index contributed by atoms with van der Waals surface area (Å²) in [6, 6.07) is 9.02. The Morgan fingerprint density at radius 1 is 1.03 bits per heavy atom. The minimum Gasteiger partial charge on any atom is -0.507 e. The molecule has 0 aliphatic carbocycles. The third kappa shape index (κ3) is 4.58. The topological polar surface area (TPSA) is 78.4 Å². The van der Waals surface area contributed by atoms with Crippen molar-refractivity contribution in [2.45, 2.75) is 57.3 Å². The number of nitrogens with one attached hydrogen (secondary N) is 2. The molecule has 0 saturated carbocycles. The van der Waals surface area contributed by atoms with Crippen LogP contribution in [0.15, 0.2) is 35.2 Å². The highest BCUT2D eigenvalue weighted by Crippen LogP contribution is 2.40. The van der Waals surface area contributed by atoms with Crippen molar-refractivity contribution in [3.8, 4) is 5.75 Å². The standard InChI is InChI=1S/C23H28N2O3S/c1-22(2,3)15-9-13(10-16(20(15)27)23(4,5)6)21(28)24-14-7-8-18-17(11-14)25-19(26)12-29-18/h7-11,27H,12H2,1-6H3,(H,24,28)(H,25,26). The minimum atomic E-state index is -0.312. The van der Waals surface area contributed by atoms with Gasteiger partial charge in [-0.3, -0.25) is 9.59 Å². The van der Waals surface area contributed by atoms with E-state index in [1.807, 2.05) is 53.7 Å². The monoisotopic (exact) mass is 412 g/mol. The average molecular weight is 413 g/mol. The van der Waals surface area contributed by atoms with Gasteiger partial charge in [-0.1, -0.05) is 41.5 Å². The summed E-state index contributed by atoms with van der Waals surface area (Å²) in [6.45, 7) is 12.1. The SMILES string of the molecule is CC(C)(C)c1cc(C(=O)Nc2ccc3c(c2)NC(=O)CS3)cc(C(C)(C)C)c1O. The van der Waals surface area contributed by atoms with Gasteiger partial charge in [-0.05, 0) is 41.2 Å². The molecule has 154 valence electrons. The summed E-state index contributed by atoms with van der Waals surface area (Å²) < 4.78 is 0. The Morgan fingerprint density at radius 3 is 2.17 bits per heavy atom. The third-order valence-corrected chi connectivity index (χ3v) is 5.93. The fourth-order valence-electron chi connectivity index (χ4n) is 3.27. The van der Waals surface area contributed by atoms with Crippen molar-refractivity contribution < 1.29 is 14.7 Å². The van der Waals surface area contributed by atoms with E-state index in [0.717, 1.165) is 16.0 Å². The molecule has 0 aromatic heterocycles. The summed E-state index contributed by atoms with van der Waals surface area (Å²) in [5, 5.41) is 16.6. The molecule has 0 atom stereocenters. The number of thioether (sulfide) groups is 1. The van der Waals surface area contributed by atoms with E-state index in [-0.39, 0.29) is 28.4 Å². The number of carbonyl (C=O) groups is 2. The first kappa shape index (κ1) is 21.2. The zero-order valence-corrected chi connectivity index (χ0v) is 18.6. The molecular weight excluding hydrogens is 384 g/mol. The van der Waals surface area contributed by atoms with E-state index in [1.54, 1.807) is 18.2 Å². The summed E-state index contributed by atoms with van der Waals surface area (Å²) in [5.74, 6) is 0.345. The van der Waals surface area contributed by atoms with Crippen LogP contribution < -0.4 is 10.6 Å². The van der Waals surface area contributed by atoms with Gasteiger partial charge in [-0.15, -0.1) is 11.8 Å². The Morgan fingerprint density at radius 2 is 1.62 bits per heavy atom. The largest absolute Gasteiger partial charge is 0.507 e. The second-order valence-electron chi connectivity index (χ2n) is 9.42. The molecule has 6 heteroatoms. The number of benzene rings is 2. The van der Waals surface area contributed by atoms with E-state index in [9.17, 15) is 14.7 Å². The molecule has 0 fully saturated rings. The van der Waals surface area contributed by atoms with Gasteiger partial charge in [0.1, 0.15) is 5.75 Å². The van der Waals surface area contributed by atoms with Gasteiger partial charge in [0.05, 0.1) is 11.4 Å². The number of hydrogen-bond donors (Lipinski definition) is 3. The smallest absolute Gasteiger partial charge is 0.255 e. The van der Waals surface area contributed by atoms with E-state index < -0.39 is 0 Å². The van der Waals surface area contributed by atoms with Gasteiger partial charge in [-0.25, -0.2) is 0 Å². The van der Waals surface area contributed by atoms with Gasteiger partial charge in [0.25, 0.3) is 5.91 Å². The predicted octanol–water partition coefficient (Wildman–Crippen LogP) is 5.28. The number of rotatable bonds is 2. The van der Waals surface area contributed by atoms with Crippen LogP contribution in [0.3, 0.4) is 0 Å². The molecule has 0 saturated heterocycles. The first-order valence-corrected chi connectivity index (χ1v) is 10.6. The van der Waals surface area contributed by atoms with Gasteiger partial charge >= 0.3 is 0 Å². The van der Waals surface area contributed by atoms with Crippen molar-refractivity contribution in [2.75, 3.05) is 16.4 Å². The van der Waals surface area contributed by atoms with Crippen LogP contribution in [0.5, 0.6) is 5.75 Å². The van der Waals surface area contributed by atoms with Crippen molar-refractivity contribution in [1.82, 2.24) is 0 Å². The maximum absolute atomic E-state index is 13.0. The van der Waals surface area contributed by atoms with Crippen molar-refractivity contribution in [2.24, 2.45) is 0 Å². The van der Waals surface area contributed by atoms with Crippen molar-refractivity contribution in [1.29, 1.82) is 0 Å². The molecule has 29 heavy (non-hydrogen) atoms. The van der Waals surface area contributed by atoms with Crippen LogP contribution in [0, 0.1) is 0 Å². The van der Waals surface area contributed by atoms with E-state index in [2.05, 4.69) is 10.6 Å². The summed E-state index contributed by atoms with van der Waals surface area (Å²) in [5.41, 5.74) is 2.67. The number of hydrogen-bond acceptors (Lipinski definition) is 4. The Kier molecular flexibility index (Phi) is 5.43. The molecule has 2 amide bonds. The van der Waals surface area contributed by atoms with E-state index in [0.29, 0.717) is 22.7 Å². The number of carbonyl (C=O) groups excluding carboxylic acids is 2. The molecule has 0 radical (unpaired) electrons. The minimum absolute atomic E-state index is 0.0471. The molecule has 0 unspecified atom stereocenters. The lowest BCUT2D eigenvalue weighted by molar-refractivity contribution is -0.113. The number of aromatic hydroxyl groups is 1. The van der Waals surface area contributed by atoms with Crippen LogP contribution in [0.25, 0.3) is 0 Å². The highest BCUT2D eigenvalue weighted by Gasteiger charge is 2.28. The second-order valence-corrected chi connectivity index (χ2v) is 10.4. The molecule has 3 N–H and O–H groups in total. The van der Waals surface area contributed by atoms with E-state index in [1.165, 1.54) is 11.8 Å². The first-order chi connectivity index (χ1) is 13.4. The maximum atomic E-state index is 13.0. The van der Waals surface area contributed by atoms with Crippen molar-refractivity contribution in [3.05, 3.63) is 47.0 Å². The highest BCUT2D eigenvalue weighted by molar-refractivity contribution is 8.00. The molecular formula is C23H28N2O3S. The average Bonchev–Trinajstić information content (AvgIpc) is 2.59. The van der Waals surface area contributed by atoms with Crippen LogP contribution in [-0.2, 0) is 15.6 Å². The highest BCUT2D eigenvalue weighted by atomic mass is 32.2. The normalized spacial score (nSPS) is 14.2. The molecule has 0 spiro atoms. The van der Waals surface area contributed by atoms with Gasteiger partial charge in [0.15, 0.2) is 0 Å². The molecule has 1 aliphatic heterocycles. The van der Waals surface area contributed by atoms with Crippen molar-refractivity contribution >= 4 is 35.0 Å². The zero-order valence-electron chi connectivity index (χ0n) is 17.8. The summed E-state index contributed by atoms with van der Waals surface area (Å²) in [4.78, 5) is 25.6. The van der Waals surface area contributed by atoms with Crippen LogP contribution >= 0.6 is 11.8 Å². The molecule has 2 aromatic carbocycles. The second kappa shape index (κ2) is 7.41. The van der Waals surface area contributed by atoms with Gasteiger partial charge in [-0.2, -0.15) is 0 Å². The Bertz CT molecular complexity index is 950. The summed E-state index contributed by atoms with van der Waals surface area (Å²) in [6.07, 6.45) is 0. The van der Waals surface area contributed by atoms with E-state index >= 15 is 0 Å². The Labute approximate surface area is 176 Å². The molecule has 3 rings (SSSR count). The molecule has 0 bridgehead atoms. The van der Waals surface area contributed by atoms with E-state index in [4.69, 9.17) is 0 Å². The summed E-state index contributed by atoms with van der Waals surface area (Å²) >= 11 is 1.48. The lowest BCUT2D eigenvalue weighted by atomic mass is 9.78. The Hall–Kier alpha value is -2.47. The lowest BCUT2D eigenvalue weighted by Gasteiger charge is -2.28. The molecule has 5 nitrogen and oxygen atoms in total. The number of phenolic OH excluding ortho intramolecular Hbond substituents is 1. The fraction of sp³-hybridized carbons (Fsp3) is 0.391. The number of phenols is 1. The quantitative estimate of drug-likeness (QED) is 0.627. The zero-order chi connectivity index (χ0) is 21.6. The number of fused-ring (bicyclic) bond motifs is 1. The van der Waals surface area contributed by atoms with Gasteiger partial charge < -0.3 is 15.7 Å². The first-order valence-electron chi connectivity index (χ1n) is 9.62. The molecule has 2 aromatic rings. The van der Waals surface area contributed by atoms with Crippen LogP contribution in [-0.4, -0.2) is 22.7 Å². The Balaban J connectivity index is 1.97. The fourth-order valence-corrected chi connectivity index (χ4v) is 4.06. The molecule has 1 heterocycles. The van der Waals surface area contributed by atoms with Crippen molar-refractivity contribution in [3.63, 3.8) is 0 Å².